The van der Waals surface area contributed by atoms with Crippen LogP contribution in [0.25, 0.3) is 0 Å². The van der Waals surface area contributed by atoms with Crippen LogP contribution in [0.3, 0.4) is 0 Å². The highest BCUT2D eigenvalue weighted by Gasteiger charge is 2.34. The number of carbonyl (C=O) groups excluding carboxylic acids is 6. The van der Waals surface area contributed by atoms with Crippen molar-refractivity contribution < 1.29 is 58.5 Å². The van der Waals surface area contributed by atoms with Crippen molar-refractivity contribution >= 4 is 69.8 Å². The van der Waals surface area contributed by atoms with Crippen molar-refractivity contribution in [2.75, 3.05) is 28.4 Å². The van der Waals surface area contributed by atoms with Gasteiger partial charge in [-0.1, -0.05) is 0 Å². The second kappa shape index (κ2) is 18.5. The fraction of sp³-hybridized carbons (Fsp3) is 0.0750. The van der Waals surface area contributed by atoms with Crippen molar-refractivity contribution in [1.82, 2.24) is 5.32 Å². The van der Waals surface area contributed by atoms with Crippen molar-refractivity contribution in [3.8, 4) is 11.5 Å². The maximum atomic E-state index is 13.4. The van der Waals surface area contributed by atoms with Crippen LogP contribution in [0.5, 0.6) is 11.5 Å². The molecular formula is C40H33N7O13. The number of carboxylic acid groups (broad SMARTS) is 1. The van der Waals surface area contributed by atoms with E-state index in [9.17, 15) is 53.9 Å². The summed E-state index contributed by atoms with van der Waals surface area (Å²) < 4.78 is 5.12. The average Bonchev–Trinajstić information content (AvgIpc) is 3.22. The van der Waals surface area contributed by atoms with E-state index in [1.807, 2.05) is 0 Å². The van der Waals surface area contributed by atoms with E-state index in [-0.39, 0.29) is 56.3 Å². The lowest BCUT2D eigenvalue weighted by Crippen LogP contribution is -2.56. The Labute approximate surface area is 338 Å². The summed E-state index contributed by atoms with van der Waals surface area (Å²) in [7, 11) is 1.10. The summed E-state index contributed by atoms with van der Waals surface area (Å²) in [6.45, 7) is 0. The van der Waals surface area contributed by atoms with Crippen LogP contribution in [0, 0.1) is 10.1 Å². The number of hydrogen-bond donors (Lipinski definition) is 9. The Kier molecular flexibility index (Phi) is 13.1. The van der Waals surface area contributed by atoms with Gasteiger partial charge < -0.3 is 52.4 Å². The Morgan fingerprint density at radius 3 is 1.48 bits per heavy atom. The predicted octanol–water partition coefficient (Wildman–Crippen LogP) is 3.70. The Hall–Kier alpha value is -8.65. The minimum Gasteiger partial charge on any atom is -0.506 e. The highest BCUT2D eigenvalue weighted by Crippen LogP contribution is 2.28. The second-order valence-electron chi connectivity index (χ2n) is 12.6. The number of primary amides is 1. The molecule has 0 saturated heterocycles. The Morgan fingerprint density at radius 2 is 1.02 bits per heavy atom. The number of amides is 6. The molecule has 0 radical (unpaired) electrons. The van der Waals surface area contributed by atoms with E-state index in [2.05, 4.69) is 26.6 Å². The van der Waals surface area contributed by atoms with E-state index in [1.165, 1.54) is 97.1 Å². The zero-order chi connectivity index (χ0) is 43.7. The third kappa shape index (κ3) is 10.4. The summed E-state index contributed by atoms with van der Waals surface area (Å²) in [4.78, 5) is 98.5. The molecule has 6 amide bonds. The van der Waals surface area contributed by atoms with E-state index < -0.39 is 70.0 Å². The standard InChI is InChI=1S/C40H33N7O13/c1-60-33(34(41)50)32(46-37(53)21-4-10-25(11-5-21)42-35(51)22-6-14-27(15-7-22)47(58)59)39(55)43-26-12-2-20(3-13-26)36(52)44-28-16-8-23(18-30(28)48)38(54)45-29-17-9-24(40(56)57)19-31(29)49/h2-19,32-33,48-49H,1H3,(H2,41,50)(H,42,51)(H,43,55)(H,44,52)(H,45,54)(H,46,53)(H,56,57). The number of rotatable bonds is 15. The molecule has 0 spiro atoms. The number of nitrogens with two attached hydrogens (primary N) is 1. The summed E-state index contributed by atoms with van der Waals surface area (Å²) in [6, 6.07) is 20.9. The number of anilines is 4. The van der Waals surface area contributed by atoms with Gasteiger partial charge in [0.25, 0.3) is 29.3 Å². The smallest absolute Gasteiger partial charge is 0.335 e. The summed E-state index contributed by atoms with van der Waals surface area (Å²) in [5, 5.41) is 52.9. The van der Waals surface area contributed by atoms with Gasteiger partial charge in [0.05, 0.1) is 21.9 Å². The number of ether oxygens (including phenoxy) is 1. The first kappa shape index (κ1) is 42.5. The van der Waals surface area contributed by atoms with Gasteiger partial charge in [-0.3, -0.25) is 38.9 Å². The fourth-order valence-corrected chi connectivity index (χ4v) is 5.43. The number of phenols is 2. The SMILES string of the molecule is COC(C(N)=O)C(NC(=O)c1ccc(NC(=O)c2ccc([N+](=O)[O-])cc2)cc1)C(=O)Nc1ccc(C(=O)Nc2ccc(C(=O)Nc3ccc(C(=O)O)cc3O)cc2O)cc1. The molecule has 2 atom stereocenters. The average molecular weight is 820 g/mol. The number of phenolic OH excluding ortho intramolecular Hbond substituents is 2. The van der Waals surface area contributed by atoms with Crippen LogP contribution in [0.15, 0.2) is 109 Å². The number of benzene rings is 5. The maximum Gasteiger partial charge on any atom is 0.335 e. The van der Waals surface area contributed by atoms with E-state index >= 15 is 0 Å². The topological polar surface area (TPSA) is 319 Å². The number of aromatic hydroxyl groups is 2. The Bertz CT molecular complexity index is 2510. The van der Waals surface area contributed by atoms with Gasteiger partial charge >= 0.3 is 5.97 Å². The molecule has 0 aromatic heterocycles. The van der Waals surface area contributed by atoms with E-state index in [0.717, 1.165) is 19.2 Å². The maximum absolute atomic E-state index is 13.4. The van der Waals surface area contributed by atoms with E-state index in [0.29, 0.717) is 0 Å². The molecule has 2 unspecified atom stereocenters. The van der Waals surface area contributed by atoms with E-state index in [1.54, 1.807) is 0 Å². The molecule has 5 aromatic carbocycles. The van der Waals surface area contributed by atoms with Gasteiger partial charge in [-0.15, -0.1) is 0 Å². The Balaban J connectivity index is 1.19. The molecule has 5 aromatic rings. The minimum atomic E-state index is -1.65. The van der Waals surface area contributed by atoms with Gasteiger partial charge in [-0.2, -0.15) is 0 Å². The van der Waals surface area contributed by atoms with Gasteiger partial charge in [0.2, 0.25) is 11.8 Å². The molecule has 0 saturated carbocycles. The molecule has 0 bridgehead atoms. The molecule has 306 valence electrons. The first-order valence-electron chi connectivity index (χ1n) is 17.3. The number of nitro benzene ring substituents is 1. The number of aromatic carboxylic acids is 1. The lowest BCUT2D eigenvalue weighted by molar-refractivity contribution is -0.384. The quantitative estimate of drug-likeness (QED) is 0.0414. The van der Waals surface area contributed by atoms with E-state index in [4.69, 9.17) is 15.6 Å². The molecule has 20 heteroatoms. The normalized spacial score (nSPS) is 11.6. The van der Waals surface area contributed by atoms with Crippen LogP contribution in [0.4, 0.5) is 28.4 Å². The first-order valence-corrected chi connectivity index (χ1v) is 17.3. The van der Waals surface area contributed by atoms with Gasteiger partial charge in [0, 0.05) is 52.9 Å². The van der Waals surface area contributed by atoms with Crippen LogP contribution in [-0.4, -0.2) is 80.9 Å². The van der Waals surface area contributed by atoms with Crippen LogP contribution >= 0.6 is 0 Å². The number of nitro groups is 1. The number of methoxy groups -OCH3 is 1. The van der Waals surface area contributed by atoms with Crippen LogP contribution in [0.1, 0.15) is 51.8 Å². The van der Waals surface area contributed by atoms with Crippen molar-refractivity contribution in [1.29, 1.82) is 0 Å². The zero-order valence-corrected chi connectivity index (χ0v) is 31.0. The number of non-ortho nitro benzene ring substituents is 1. The third-order valence-corrected chi connectivity index (χ3v) is 8.57. The molecule has 0 aliphatic heterocycles. The number of carboxylic acids is 1. The molecular weight excluding hydrogens is 786 g/mol. The fourth-order valence-electron chi connectivity index (χ4n) is 5.43. The number of nitrogens with one attached hydrogen (secondary N) is 5. The molecule has 5 rings (SSSR count). The lowest BCUT2D eigenvalue weighted by Gasteiger charge is -2.24. The minimum absolute atomic E-state index is 0.0184. The monoisotopic (exact) mass is 819 g/mol. The van der Waals surface area contributed by atoms with Gasteiger partial charge in [-0.05, 0) is 97.1 Å². The Morgan fingerprint density at radius 1 is 0.600 bits per heavy atom. The van der Waals surface area contributed by atoms with Crippen LogP contribution in [0.2, 0.25) is 0 Å². The highest BCUT2D eigenvalue weighted by molar-refractivity contribution is 6.09. The van der Waals surface area contributed by atoms with Crippen molar-refractivity contribution in [3.05, 3.63) is 147 Å². The molecule has 60 heavy (non-hydrogen) atoms. The zero-order valence-electron chi connectivity index (χ0n) is 31.0. The summed E-state index contributed by atoms with van der Waals surface area (Å²) in [6.07, 6.45) is -1.62. The molecule has 0 heterocycles. The van der Waals surface area contributed by atoms with Crippen molar-refractivity contribution in [2.45, 2.75) is 12.1 Å². The predicted molar refractivity (Wildman–Crippen MR) is 213 cm³/mol. The second-order valence-corrected chi connectivity index (χ2v) is 12.6. The molecule has 10 N–H and O–H groups in total. The summed E-state index contributed by atoms with van der Waals surface area (Å²) in [5.74, 6) is -7.08. The summed E-state index contributed by atoms with van der Waals surface area (Å²) >= 11 is 0. The number of nitrogens with zero attached hydrogens (tertiary/aromatic N) is 1. The largest absolute Gasteiger partial charge is 0.506 e. The highest BCUT2D eigenvalue weighted by atomic mass is 16.6. The van der Waals surface area contributed by atoms with Crippen LogP contribution in [-0.2, 0) is 14.3 Å². The van der Waals surface area contributed by atoms with Gasteiger partial charge in [-0.25, -0.2) is 4.79 Å². The first-order chi connectivity index (χ1) is 28.5. The van der Waals surface area contributed by atoms with Crippen molar-refractivity contribution in [3.63, 3.8) is 0 Å². The number of hydrogen-bond acceptors (Lipinski definition) is 12. The van der Waals surface area contributed by atoms with Gasteiger partial charge in [0.15, 0.2) is 6.10 Å². The molecule has 0 fully saturated rings. The molecule has 0 aliphatic rings. The van der Waals surface area contributed by atoms with Crippen LogP contribution < -0.4 is 32.3 Å². The molecule has 20 nitrogen and oxygen atoms in total. The van der Waals surface area contributed by atoms with Crippen molar-refractivity contribution in [2.24, 2.45) is 5.73 Å². The molecule has 0 aliphatic carbocycles. The number of carbonyl (C=O) groups is 7. The van der Waals surface area contributed by atoms with Gasteiger partial charge in [0.1, 0.15) is 17.5 Å². The third-order valence-electron chi connectivity index (χ3n) is 8.57. The lowest BCUT2D eigenvalue weighted by atomic mass is 10.1. The summed E-state index contributed by atoms with van der Waals surface area (Å²) in [5.41, 5.74) is 5.49.